The molecule has 0 unspecified atom stereocenters. The predicted molar refractivity (Wildman–Crippen MR) is 106 cm³/mol. The third kappa shape index (κ3) is 3.70. The molecule has 0 fully saturated rings. The van der Waals surface area contributed by atoms with Gasteiger partial charge >= 0.3 is 5.97 Å². The SMILES string of the molecule is Cc1cc2c(c(=O)n1CCc1ccc(O)cc1)[C@@H](c1ccc(F)c(F)c1)CC(=O)O2. The Morgan fingerprint density at radius 2 is 1.80 bits per heavy atom. The molecule has 0 saturated carbocycles. The molecule has 5 nitrogen and oxygen atoms in total. The Morgan fingerprint density at radius 3 is 2.50 bits per heavy atom. The van der Waals surface area contributed by atoms with Gasteiger partial charge in [0.15, 0.2) is 11.6 Å². The first-order valence-electron chi connectivity index (χ1n) is 9.51. The van der Waals surface area contributed by atoms with E-state index < -0.39 is 23.5 Å². The number of aryl methyl sites for hydroxylation is 2. The van der Waals surface area contributed by atoms with Gasteiger partial charge in [-0.3, -0.25) is 9.59 Å². The van der Waals surface area contributed by atoms with Gasteiger partial charge in [0.25, 0.3) is 5.56 Å². The van der Waals surface area contributed by atoms with Crippen LogP contribution in [0.3, 0.4) is 0 Å². The number of ether oxygens (including phenoxy) is 1. The molecule has 1 aromatic heterocycles. The molecule has 154 valence electrons. The van der Waals surface area contributed by atoms with Crippen LogP contribution in [0.15, 0.2) is 53.3 Å². The van der Waals surface area contributed by atoms with Gasteiger partial charge in [-0.1, -0.05) is 18.2 Å². The number of phenols is 1. The van der Waals surface area contributed by atoms with E-state index in [2.05, 4.69) is 0 Å². The van der Waals surface area contributed by atoms with E-state index in [1.165, 1.54) is 6.07 Å². The Labute approximate surface area is 171 Å². The van der Waals surface area contributed by atoms with Crippen molar-refractivity contribution in [3.05, 3.63) is 92.9 Å². The van der Waals surface area contributed by atoms with Crippen LogP contribution in [0.1, 0.15) is 34.7 Å². The number of aromatic hydroxyl groups is 1. The molecule has 4 rings (SSSR count). The summed E-state index contributed by atoms with van der Waals surface area (Å²) in [5, 5.41) is 9.41. The molecule has 3 aromatic rings. The maximum atomic E-state index is 13.8. The predicted octanol–water partition coefficient (Wildman–Crippen LogP) is 3.82. The lowest BCUT2D eigenvalue weighted by Gasteiger charge is -2.26. The van der Waals surface area contributed by atoms with Crippen molar-refractivity contribution in [2.45, 2.75) is 32.2 Å². The van der Waals surface area contributed by atoms with Gasteiger partial charge in [0.05, 0.1) is 12.0 Å². The summed E-state index contributed by atoms with van der Waals surface area (Å²) in [7, 11) is 0. The molecule has 0 bridgehead atoms. The van der Waals surface area contributed by atoms with Crippen LogP contribution in [-0.2, 0) is 17.8 Å². The topological polar surface area (TPSA) is 68.5 Å². The molecule has 30 heavy (non-hydrogen) atoms. The standard InChI is InChI=1S/C23H19F2NO4/c1-13-10-20-22(23(29)26(13)9-8-14-2-5-16(27)6-3-14)17(12-21(28)30-20)15-4-7-18(24)19(25)11-15/h2-7,10-11,17,27H,8-9,12H2,1H3/t17-/m1/s1. The van der Waals surface area contributed by atoms with E-state index in [0.29, 0.717) is 24.2 Å². The maximum absolute atomic E-state index is 13.8. The van der Waals surface area contributed by atoms with E-state index in [4.69, 9.17) is 4.74 Å². The number of benzene rings is 2. The molecule has 1 aliphatic heterocycles. The van der Waals surface area contributed by atoms with Gasteiger partial charge in [-0.2, -0.15) is 0 Å². The second-order valence-corrected chi connectivity index (χ2v) is 7.34. The van der Waals surface area contributed by atoms with Crippen LogP contribution in [0.4, 0.5) is 8.78 Å². The Balaban J connectivity index is 1.74. The molecule has 1 aliphatic rings. The van der Waals surface area contributed by atoms with Gasteiger partial charge in [0.1, 0.15) is 11.5 Å². The number of fused-ring (bicyclic) bond motifs is 1. The van der Waals surface area contributed by atoms with Crippen molar-refractivity contribution in [2.24, 2.45) is 0 Å². The van der Waals surface area contributed by atoms with Crippen LogP contribution < -0.4 is 10.3 Å². The first kappa shape index (κ1) is 19.8. The van der Waals surface area contributed by atoms with E-state index in [0.717, 1.165) is 17.7 Å². The highest BCUT2D eigenvalue weighted by molar-refractivity contribution is 5.77. The number of pyridine rings is 1. The zero-order chi connectivity index (χ0) is 21.4. The Morgan fingerprint density at radius 1 is 1.07 bits per heavy atom. The molecule has 0 spiro atoms. The Kier molecular flexibility index (Phi) is 5.11. The number of halogens is 2. The van der Waals surface area contributed by atoms with Crippen molar-refractivity contribution in [3.8, 4) is 11.5 Å². The summed E-state index contributed by atoms with van der Waals surface area (Å²) in [6, 6.07) is 11.7. The normalized spacial score (nSPS) is 15.6. The summed E-state index contributed by atoms with van der Waals surface area (Å²) in [4.78, 5) is 25.4. The molecule has 0 amide bonds. The summed E-state index contributed by atoms with van der Waals surface area (Å²) in [6.45, 7) is 2.12. The van der Waals surface area contributed by atoms with Gasteiger partial charge in [-0.15, -0.1) is 0 Å². The van der Waals surface area contributed by atoms with E-state index in [1.807, 2.05) is 0 Å². The first-order valence-corrected chi connectivity index (χ1v) is 9.51. The number of esters is 1. The number of nitrogens with zero attached hydrogens (tertiary/aromatic N) is 1. The zero-order valence-corrected chi connectivity index (χ0v) is 16.2. The van der Waals surface area contributed by atoms with E-state index in [9.17, 15) is 23.5 Å². The summed E-state index contributed by atoms with van der Waals surface area (Å²) in [5.74, 6) is -2.95. The number of aromatic nitrogens is 1. The van der Waals surface area contributed by atoms with Gasteiger partial charge < -0.3 is 14.4 Å². The third-order valence-corrected chi connectivity index (χ3v) is 5.36. The highest BCUT2D eigenvalue weighted by Gasteiger charge is 2.33. The highest BCUT2D eigenvalue weighted by Crippen LogP contribution is 2.37. The highest BCUT2D eigenvalue weighted by atomic mass is 19.2. The van der Waals surface area contributed by atoms with Crippen LogP contribution in [0.5, 0.6) is 11.5 Å². The lowest BCUT2D eigenvalue weighted by atomic mass is 9.87. The van der Waals surface area contributed by atoms with E-state index in [-0.39, 0.29) is 29.0 Å². The molecule has 2 heterocycles. The van der Waals surface area contributed by atoms with Crippen molar-refractivity contribution >= 4 is 5.97 Å². The number of hydrogen-bond acceptors (Lipinski definition) is 4. The Hall–Kier alpha value is -3.48. The number of hydrogen-bond donors (Lipinski definition) is 1. The number of carbonyl (C=O) groups excluding carboxylic acids is 1. The summed E-state index contributed by atoms with van der Waals surface area (Å²) in [6.07, 6.45) is 0.420. The molecule has 2 aromatic carbocycles. The minimum atomic E-state index is -1.03. The lowest BCUT2D eigenvalue weighted by molar-refractivity contribution is -0.135. The summed E-state index contributed by atoms with van der Waals surface area (Å²) in [5.41, 5.74) is 1.84. The molecule has 0 aliphatic carbocycles. The van der Waals surface area contributed by atoms with E-state index in [1.54, 1.807) is 41.8 Å². The molecule has 0 radical (unpaired) electrons. The smallest absolute Gasteiger partial charge is 0.312 e. The summed E-state index contributed by atoms with van der Waals surface area (Å²) < 4.78 is 34.0. The molecular weight excluding hydrogens is 392 g/mol. The maximum Gasteiger partial charge on any atom is 0.312 e. The van der Waals surface area contributed by atoms with Gasteiger partial charge in [-0.05, 0) is 48.7 Å². The Bertz CT molecular complexity index is 1190. The van der Waals surface area contributed by atoms with Crippen LogP contribution in [-0.4, -0.2) is 15.6 Å². The van der Waals surface area contributed by atoms with Gasteiger partial charge in [0.2, 0.25) is 0 Å². The average Bonchev–Trinajstić information content (AvgIpc) is 2.70. The minimum absolute atomic E-state index is 0.131. The fourth-order valence-corrected chi connectivity index (χ4v) is 3.79. The summed E-state index contributed by atoms with van der Waals surface area (Å²) >= 11 is 0. The van der Waals surface area contributed by atoms with Crippen molar-refractivity contribution in [1.29, 1.82) is 0 Å². The molecule has 1 atom stereocenters. The van der Waals surface area contributed by atoms with Crippen LogP contribution in [0.25, 0.3) is 0 Å². The second-order valence-electron chi connectivity index (χ2n) is 7.34. The number of carbonyl (C=O) groups is 1. The van der Waals surface area contributed by atoms with Crippen molar-refractivity contribution in [2.75, 3.05) is 0 Å². The lowest BCUT2D eigenvalue weighted by Crippen LogP contribution is -2.33. The average molecular weight is 411 g/mol. The first-order chi connectivity index (χ1) is 14.3. The van der Waals surface area contributed by atoms with Crippen molar-refractivity contribution < 1.29 is 23.4 Å². The molecule has 0 saturated heterocycles. The minimum Gasteiger partial charge on any atom is -0.508 e. The second kappa shape index (κ2) is 7.74. The number of phenolic OH excluding ortho intramolecular Hbond substituents is 1. The van der Waals surface area contributed by atoms with Crippen LogP contribution in [0.2, 0.25) is 0 Å². The van der Waals surface area contributed by atoms with Crippen molar-refractivity contribution in [1.82, 2.24) is 4.57 Å². The fourth-order valence-electron chi connectivity index (χ4n) is 3.79. The van der Waals surface area contributed by atoms with Gasteiger partial charge in [0, 0.05) is 24.2 Å². The zero-order valence-electron chi connectivity index (χ0n) is 16.2. The molecule has 7 heteroatoms. The largest absolute Gasteiger partial charge is 0.508 e. The van der Waals surface area contributed by atoms with Crippen LogP contribution in [0, 0.1) is 18.6 Å². The molecular formula is C23H19F2NO4. The van der Waals surface area contributed by atoms with Crippen LogP contribution >= 0.6 is 0 Å². The third-order valence-electron chi connectivity index (χ3n) is 5.36. The quantitative estimate of drug-likeness (QED) is 0.663. The monoisotopic (exact) mass is 411 g/mol. The number of rotatable bonds is 4. The van der Waals surface area contributed by atoms with Crippen molar-refractivity contribution in [3.63, 3.8) is 0 Å². The molecule has 1 N–H and O–H groups in total. The van der Waals surface area contributed by atoms with Gasteiger partial charge in [-0.25, -0.2) is 8.78 Å². The fraction of sp³-hybridized carbons (Fsp3) is 0.217. The van der Waals surface area contributed by atoms with E-state index >= 15 is 0 Å².